The third-order valence-electron chi connectivity index (χ3n) is 1.88. The van der Waals surface area contributed by atoms with E-state index in [4.69, 9.17) is 0 Å². The normalized spacial score (nSPS) is 12.9. The van der Waals surface area contributed by atoms with Gasteiger partial charge in [0.15, 0.2) is 0 Å². The fourth-order valence-corrected chi connectivity index (χ4v) is 0.710. The summed E-state index contributed by atoms with van der Waals surface area (Å²) in [5.74, 6) is 0.362. The summed E-state index contributed by atoms with van der Waals surface area (Å²) in [6.07, 6.45) is 3.98. The second-order valence-corrected chi connectivity index (χ2v) is 3.32. The van der Waals surface area contributed by atoms with E-state index in [1.165, 1.54) is 0 Å². The van der Waals surface area contributed by atoms with Crippen LogP contribution in [0.3, 0.4) is 0 Å². The minimum Gasteiger partial charge on any atom is -0.0995 e. The van der Waals surface area contributed by atoms with Crippen LogP contribution >= 0.6 is 0 Å². The van der Waals surface area contributed by atoms with Crippen LogP contribution in [-0.2, 0) is 0 Å². The molecule has 0 aromatic rings. The molecule has 12 heavy (non-hydrogen) atoms. The molecule has 0 saturated heterocycles. The van der Waals surface area contributed by atoms with Crippen molar-refractivity contribution in [3.8, 4) is 0 Å². The van der Waals surface area contributed by atoms with Gasteiger partial charge in [-0.1, -0.05) is 50.0 Å². The van der Waals surface area contributed by atoms with E-state index in [9.17, 15) is 0 Å². The van der Waals surface area contributed by atoms with Gasteiger partial charge >= 0.3 is 0 Å². The van der Waals surface area contributed by atoms with Crippen LogP contribution in [0, 0.1) is 5.92 Å². The first-order chi connectivity index (χ1) is 5.45. The van der Waals surface area contributed by atoms with Gasteiger partial charge in [0.25, 0.3) is 0 Å². The molecular formula is C12H18. The first-order valence-corrected chi connectivity index (χ1v) is 4.13. The van der Waals surface area contributed by atoms with E-state index in [-0.39, 0.29) is 0 Å². The maximum atomic E-state index is 3.96. The van der Waals surface area contributed by atoms with Crippen molar-refractivity contribution in [1.82, 2.24) is 0 Å². The molecule has 1 atom stereocenters. The Kier molecular flexibility index (Phi) is 4.35. The first kappa shape index (κ1) is 11.0. The second kappa shape index (κ2) is 4.76. The molecular weight excluding hydrogens is 144 g/mol. The van der Waals surface area contributed by atoms with Gasteiger partial charge in [-0.2, -0.15) is 0 Å². The zero-order valence-corrected chi connectivity index (χ0v) is 8.35. The standard InChI is InChI=1S/C12H18/c1-9(2)7-8-11(5)12(6)10(3)4/h7-8,12H,1,3,5H2,2,4,6H3/b8-7-. The van der Waals surface area contributed by atoms with E-state index < -0.39 is 0 Å². The topological polar surface area (TPSA) is 0 Å². The Morgan fingerprint density at radius 2 is 1.58 bits per heavy atom. The number of rotatable bonds is 4. The molecule has 0 aromatic carbocycles. The van der Waals surface area contributed by atoms with Gasteiger partial charge in [-0.15, -0.1) is 0 Å². The van der Waals surface area contributed by atoms with E-state index in [1.54, 1.807) is 0 Å². The molecule has 0 N–H and O–H groups in total. The molecule has 0 radical (unpaired) electrons. The largest absolute Gasteiger partial charge is 0.0995 e. The molecule has 0 aromatic heterocycles. The van der Waals surface area contributed by atoms with E-state index >= 15 is 0 Å². The minimum absolute atomic E-state index is 0.362. The zero-order chi connectivity index (χ0) is 9.72. The van der Waals surface area contributed by atoms with Crippen LogP contribution in [0.2, 0.25) is 0 Å². The molecule has 0 amide bonds. The van der Waals surface area contributed by atoms with Crippen molar-refractivity contribution < 1.29 is 0 Å². The second-order valence-electron chi connectivity index (χ2n) is 3.32. The fourth-order valence-electron chi connectivity index (χ4n) is 0.710. The van der Waals surface area contributed by atoms with Crippen LogP contribution in [0.15, 0.2) is 48.6 Å². The Hall–Kier alpha value is -1.04. The Labute approximate surface area is 76.0 Å². The maximum Gasteiger partial charge on any atom is 0.000845 e. The van der Waals surface area contributed by atoms with Crippen molar-refractivity contribution in [3.05, 3.63) is 48.6 Å². The average Bonchev–Trinajstić information content (AvgIpc) is 1.98. The van der Waals surface area contributed by atoms with Crippen molar-refractivity contribution >= 4 is 0 Å². The van der Waals surface area contributed by atoms with Gasteiger partial charge in [0.2, 0.25) is 0 Å². The highest BCUT2D eigenvalue weighted by Gasteiger charge is 2.02. The molecule has 0 nitrogen and oxygen atoms in total. The van der Waals surface area contributed by atoms with E-state index in [0.29, 0.717) is 5.92 Å². The molecule has 0 spiro atoms. The van der Waals surface area contributed by atoms with Crippen molar-refractivity contribution in [3.63, 3.8) is 0 Å². The third kappa shape index (κ3) is 3.97. The zero-order valence-electron chi connectivity index (χ0n) is 8.35. The molecule has 0 aliphatic heterocycles. The SMILES string of the molecule is C=C(C)/C=C\C(=C)C(C)C(=C)C. The molecule has 0 aliphatic carbocycles. The lowest BCUT2D eigenvalue weighted by Gasteiger charge is -2.10. The van der Waals surface area contributed by atoms with Gasteiger partial charge in [-0.3, -0.25) is 0 Å². The highest BCUT2D eigenvalue weighted by atomic mass is 14.1. The maximum absolute atomic E-state index is 3.96. The molecule has 0 rings (SSSR count). The number of hydrogen-bond donors (Lipinski definition) is 0. The average molecular weight is 162 g/mol. The lowest BCUT2D eigenvalue weighted by Crippen LogP contribution is -1.96. The summed E-state index contributed by atoms with van der Waals surface area (Å²) >= 11 is 0. The summed E-state index contributed by atoms with van der Waals surface area (Å²) < 4.78 is 0. The lowest BCUT2D eigenvalue weighted by molar-refractivity contribution is 0.831. The van der Waals surface area contributed by atoms with Crippen LogP contribution < -0.4 is 0 Å². The summed E-state index contributed by atoms with van der Waals surface area (Å²) in [5, 5.41) is 0. The fraction of sp³-hybridized carbons (Fsp3) is 0.333. The molecule has 0 fully saturated rings. The molecule has 0 heteroatoms. The highest BCUT2D eigenvalue weighted by Crippen LogP contribution is 2.17. The Morgan fingerprint density at radius 3 is 1.92 bits per heavy atom. The lowest BCUT2D eigenvalue weighted by atomic mass is 9.95. The molecule has 0 heterocycles. The molecule has 0 bridgehead atoms. The van der Waals surface area contributed by atoms with Gasteiger partial charge < -0.3 is 0 Å². The van der Waals surface area contributed by atoms with Gasteiger partial charge in [0.1, 0.15) is 0 Å². The van der Waals surface area contributed by atoms with Crippen molar-refractivity contribution in [2.45, 2.75) is 20.8 Å². The third-order valence-corrected chi connectivity index (χ3v) is 1.88. The first-order valence-electron chi connectivity index (χ1n) is 4.13. The van der Waals surface area contributed by atoms with Crippen molar-refractivity contribution in [2.24, 2.45) is 5.92 Å². The Morgan fingerprint density at radius 1 is 1.08 bits per heavy atom. The van der Waals surface area contributed by atoms with Gasteiger partial charge in [-0.05, 0) is 19.4 Å². The van der Waals surface area contributed by atoms with Crippen LogP contribution in [0.5, 0.6) is 0 Å². The van der Waals surface area contributed by atoms with Crippen LogP contribution in [0.25, 0.3) is 0 Å². The van der Waals surface area contributed by atoms with Gasteiger partial charge in [0.05, 0.1) is 0 Å². The van der Waals surface area contributed by atoms with Crippen LogP contribution in [0.4, 0.5) is 0 Å². The Balaban J connectivity index is 4.22. The van der Waals surface area contributed by atoms with Gasteiger partial charge in [-0.25, -0.2) is 0 Å². The molecule has 1 unspecified atom stereocenters. The summed E-state index contributed by atoms with van der Waals surface area (Å²) in [6, 6.07) is 0. The number of allylic oxidation sites excluding steroid dienone is 5. The summed E-state index contributed by atoms with van der Waals surface area (Å²) in [6.45, 7) is 17.7. The molecule has 0 saturated carbocycles. The van der Waals surface area contributed by atoms with Crippen molar-refractivity contribution in [1.29, 1.82) is 0 Å². The summed E-state index contributed by atoms with van der Waals surface area (Å²) in [4.78, 5) is 0. The highest BCUT2D eigenvalue weighted by molar-refractivity contribution is 5.28. The van der Waals surface area contributed by atoms with Gasteiger partial charge in [0, 0.05) is 5.92 Å². The molecule has 0 aliphatic rings. The number of hydrogen-bond acceptors (Lipinski definition) is 0. The van der Waals surface area contributed by atoms with Crippen LogP contribution in [-0.4, -0.2) is 0 Å². The van der Waals surface area contributed by atoms with Crippen molar-refractivity contribution in [2.75, 3.05) is 0 Å². The van der Waals surface area contributed by atoms with Crippen LogP contribution in [0.1, 0.15) is 20.8 Å². The molecule has 66 valence electrons. The minimum atomic E-state index is 0.362. The Bertz CT molecular complexity index is 228. The van der Waals surface area contributed by atoms with E-state index in [2.05, 4.69) is 26.7 Å². The summed E-state index contributed by atoms with van der Waals surface area (Å²) in [5.41, 5.74) is 3.28. The smallest absolute Gasteiger partial charge is 0.000845 e. The van der Waals surface area contributed by atoms with E-state index in [1.807, 2.05) is 26.0 Å². The van der Waals surface area contributed by atoms with E-state index in [0.717, 1.165) is 16.7 Å². The summed E-state index contributed by atoms with van der Waals surface area (Å²) in [7, 11) is 0. The predicted molar refractivity (Wildman–Crippen MR) is 57.1 cm³/mol. The monoisotopic (exact) mass is 162 g/mol. The predicted octanol–water partition coefficient (Wildman–Crippen LogP) is 3.89. The quantitative estimate of drug-likeness (QED) is 0.434.